The number of nitro benzene ring substituents is 1. The minimum Gasteiger partial charge on any atom is -0.372 e. The minimum atomic E-state index is -4.25. The first-order valence-electron chi connectivity index (χ1n) is 6.02. The van der Waals surface area contributed by atoms with E-state index in [-0.39, 0.29) is 15.8 Å². The second-order valence-corrected chi connectivity index (χ2v) is 6.45. The Hall–Kier alpha value is -2.19. The molecule has 0 spiro atoms. The van der Waals surface area contributed by atoms with Gasteiger partial charge in [-0.3, -0.25) is 10.1 Å². The van der Waals surface area contributed by atoms with Gasteiger partial charge in [0.25, 0.3) is 0 Å². The van der Waals surface area contributed by atoms with Gasteiger partial charge in [-0.25, -0.2) is 4.98 Å². The van der Waals surface area contributed by atoms with E-state index in [0.717, 1.165) is 6.20 Å². The number of benzene rings is 1. The summed E-state index contributed by atoms with van der Waals surface area (Å²) in [5, 5.41) is 11.2. The maximum atomic E-state index is 12.2. The van der Waals surface area contributed by atoms with Crippen molar-refractivity contribution in [3.05, 3.63) is 56.9 Å². The van der Waals surface area contributed by atoms with Gasteiger partial charge in [0.2, 0.25) is 5.75 Å². The molecule has 1 aromatic carbocycles. The average Bonchev–Trinajstić information content (AvgIpc) is 2.43. The number of hydrogen-bond donors (Lipinski definition) is 0. The van der Waals surface area contributed by atoms with Crippen LogP contribution in [0.1, 0.15) is 11.1 Å². The van der Waals surface area contributed by atoms with Crippen molar-refractivity contribution in [2.45, 2.75) is 18.7 Å². The van der Waals surface area contributed by atoms with Crippen LogP contribution in [0, 0.1) is 24.0 Å². The zero-order valence-electron chi connectivity index (χ0n) is 11.6. The third-order valence-electron chi connectivity index (χ3n) is 2.79. The second-order valence-electron chi connectivity index (χ2n) is 4.54. The molecule has 0 N–H and O–H groups in total. The number of hydrogen-bond acceptors (Lipinski definition) is 6. The van der Waals surface area contributed by atoms with E-state index in [4.69, 9.17) is 15.8 Å². The molecule has 0 aliphatic heterocycles. The number of halogens is 1. The fraction of sp³-hybridized carbons (Fsp3) is 0.154. The van der Waals surface area contributed by atoms with Gasteiger partial charge in [-0.05, 0) is 37.1 Å². The lowest BCUT2D eigenvalue weighted by atomic mass is 10.2. The van der Waals surface area contributed by atoms with Crippen LogP contribution >= 0.6 is 11.6 Å². The zero-order chi connectivity index (χ0) is 16.5. The molecule has 1 aromatic heterocycles. The van der Waals surface area contributed by atoms with Crippen LogP contribution in [0.4, 0.5) is 5.69 Å². The molecule has 2 aromatic rings. The summed E-state index contributed by atoms with van der Waals surface area (Å²) in [5.41, 5.74) is 0.632. The molecule has 1 heterocycles. The van der Waals surface area contributed by atoms with Gasteiger partial charge in [0.1, 0.15) is 10.0 Å². The summed E-state index contributed by atoms with van der Waals surface area (Å²) in [5.74, 6) is -0.358. The molecule has 0 aliphatic rings. The minimum absolute atomic E-state index is 0.167. The van der Waals surface area contributed by atoms with Crippen molar-refractivity contribution >= 4 is 27.4 Å². The summed E-state index contributed by atoms with van der Waals surface area (Å²) in [6, 6.07) is 5.27. The van der Waals surface area contributed by atoms with E-state index in [9.17, 15) is 18.5 Å². The summed E-state index contributed by atoms with van der Waals surface area (Å²) in [6.45, 7) is 3.24. The van der Waals surface area contributed by atoms with Crippen LogP contribution in [0.3, 0.4) is 0 Å². The predicted octanol–water partition coefficient (Wildman–Crippen LogP) is 3.03. The number of nitro groups is 1. The van der Waals surface area contributed by atoms with Gasteiger partial charge in [-0.2, -0.15) is 8.42 Å². The summed E-state index contributed by atoms with van der Waals surface area (Å²) < 4.78 is 29.3. The number of aromatic nitrogens is 1. The third-order valence-corrected chi connectivity index (χ3v) is 4.38. The largest absolute Gasteiger partial charge is 0.372 e. The molecule has 7 nitrogen and oxygen atoms in total. The first-order valence-corrected chi connectivity index (χ1v) is 7.81. The summed E-state index contributed by atoms with van der Waals surface area (Å²) in [7, 11) is -4.25. The van der Waals surface area contributed by atoms with Gasteiger partial charge in [0.15, 0.2) is 0 Å². The Morgan fingerprint density at radius 2 is 1.95 bits per heavy atom. The molecule has 0 saturated heterocycles. The number of aryl methyl sites for hydroxylation is 2. The van der Waals surface area contributed by atoms with Crippen LogP contribution in [0.2, 0.25) is 5.15 Å². The summed E-state index contributed by atoms with van der Waals surface area (Å²) >= 11 is 5.74. The van der Waals surface area contributed by atoms with E-state index in [0.29, 0.717) is 11.1 Å². The standard InChI is InChI=1S/C13H11ClN2O5S/c1-8-3-4-12(11(5-8)16(17)18)21-22(19,20)10-6-9(2)13(14)15-7-10/h3-7H,1-2H3. The van der Waals surface area contributed by atoms with E-state index in [1.807, 2.05) is 0 Å². The monoisotopic (exact) mass is 342 g/mol. The van der Waals surface area contributed by atoms with Gasteiger partial charge < -0.3 is 4.18 Å². The molecule has 0 radical (unpaired) electrons. The molecule has 116 valence electrons. The Balaban J connectivity index is 2.45. The van der Waals surface area contributed by atoms with E-state index < -0.39 is 20.7 Å². The molecular formula is C13H11ClN2O5S. The lowest BCUT2D eigenvalue weighted by Crippen LogP contribution is -2.11. The fourth-order valence-corrected chi connectivity index (χ4v) is 2.76. The van der Waals surface area contributed by atoms with Gasteiger partial charge in [-0.15, -0.1) is 0 Å². The van der Waals surface area contributed by atoms with Crippen molar-refractivity contribution < 1.29 is 17.5 Å². The average molecular weight is 343 g/mol. The van der Waals surface area contributed by atoms with Crippen LogP contribution in [0.5, 0.6) is 5.75 Å². The molecule has 0 bridgehead atoms. The van der Waals surface area contributed by atoms with Crippen LogP contribution in [0.25, 0.3) is 0 Å². The van der Waals surface area contributed by atoms with Crippen molar-refractivity contribution in [3.8, 4) is 5.75 Å². The first kappa shape index (κ1) is 16.2. The van der Waals surface area contributed by atoms with E-state index in [1.54, 1.807) is 13.8 Å². The highest BCUT2D eigenvalue weighted by molar-refractivity contribution is 7.87. The summed E-state index contributed by atoms with van der Waals surface area (Å²) in [4.78, 5) is 13.8. The van der Waals surface area contributed by atoms with Crippen molar-refractivity contribution in [1.82, 2.24) is 4.98 Å². The van der Waals surface area contributed by atoms with Crippen LogP contribution < -0.4 is 4.18 Å². The van der Waals surface area contributed by atoms with Crippen molar-refractivity contribution in [2.75, 3.05) is 0 Å². The van der Waals surface area contributed by atoms with E-state index in [2.05, 4.69) is 4.98 Å². The van der Waals surface area contributed by atoms with E-state index in [1.165, 1.54) is 24.3 Å². The van der Waals surface area contributed by atoms with Gasteiger partial charge in [0, 0.05) is 6.07 Å². The third kappa shape index (κ3) is 3.34. The quantitative estimate of drug-likeness (QED) is 0.366. The number of pyridine rings is 1. The fourth-order valence-electron chi connectivity index (χ4n) is 1.68. The molecule has 0 fully saturated rings. The highest BCUT2D eigenvalue weighted by Gasteiger charge is 2.24. The lowest BCUT2D eigenvalue weighted by molar-refractivity contribution is -0.385. The molecule has 2 rings (SSSR count). The van der Waals surface area contributed by atoms with Crippen molar-refractivity contribution in [2.24, 2.45) is 0 Å². The highest BCUT2D eigenvalue weighted by Crippen LogP contribution is 2.30. The van der Waals surface area contributed by atoms with E-state index >= 15 is 0 Å². The Morgan fingerprint density at radius 1 is 1.27 bits per heavy atom. The van der Waals surface area contributed by atoms with Crippen molar-refractivity contribution in [1.29, 1.82) is 0 Å². The van der Waals surface area contributed by atoms with Crippen LogP contribution in [-0.4, -0.2) is 18.3 Å². The molecule has 0 saturated carbocycles. The molecule has 0 amide bonds. The zero-order valence-corrected chi connectivity index (χ0v) is 13.2. The smallest absolute Gasteiger partial charge is 0.341 e. The number of nitrogens with zero attached hydrogens (tertiary/aromatic N) is 2. The Bertz CT molecular complexity index is 852. The normalized spacial score (nSPS) is 11.2. The number of rotatable bonds is 4. The molecule has 0 unspecified atom stereocenters. The first-order chi connectivity index (χ1) is 10.2. The lowest BCUT2D eigenvalue weighted by Gasteiger charge is -2.08. The van der Waals surface area contributed by atoms with Gasteiger partial charge in [0.05, 0.1) is 11.1 Å². The predicted molar refractivity (Wildman–Crippen MR) is 79.6 cm³/mol. The van der Waals surface area contributed by atoms with Crippen LogP contribution in [-0.2, 0) is 10.1 Å². The molecule has 9 heteroatoms. The molecule has 0 atom stereocenters. The topological polar surface area (TPSA) is 99.4 Å². The maximum absolute atomic E-state index is 12.2. The Morgan fingerprint density at radius 3 is 2.55 bits per heavy atom. The van der Waals surface area contributed by atoms with Gasteiger partial charge in [-0.1, -0.05) is 17.7 Å². The molecular weight excluding hydrogens is 332 g/mol. The Kier molecular flexibility index (Phi) is 4.34. The highest BCUT2D eigenvalue weighted by atomic mass is 35.5. The summed E-state index contributed by atoms with van der Waals surface area (Å²) in [6.07, 6.45) is 1.03. The maximum Gasteiger partial charge on any atom is 0.341 e. The van der Waals surface area contributed by atoms with Crippen LogP contribution in [0.15, 0.2) is 35.4 Å². The molecule has 0 aliphatic carbocycles. The SMILES string of the molecule is Cc1ccc(OS(=O)(=O)c2cnc(Cl)c(C)c2)c([N+](=O)[O-])c1. The van der Waals surface area contributed by atoms with Crippen molar-refractivity contribution in [3.63, 3.8) is 0 Å². The Labute approximate surface area is 131 Å². The molecule has 22 heavy (non-hydrogen) atoms. The van der Waals surface area contributed by atoms with Gasteiger partial charge >= 0.3 is 15.8 Å². The second kappa shape index (κ2) is 5.90.